The number of carbonyl (C=O) groups is 1. The lowest BCUT2D eigenvalue weighted by atomic mass is 10.1. The van der Waals surface area contributed by atoms with Crippen LogP contribution < -0.4 is 10.9 Å². The maximum atomic E-state index is 13.1. The summed E-state index contributed by atoms with van der Waals surface area (Å²) in [5.74, 6) is -0.233. The average molecular weight is 438 g/mol. The van der Waals surface area contributed by atoms with Crippen molar-refractivity contribution in [2.75, 3.05) is 5.32 Å². The van der Waals surface area contributed by atoms with E-state index in [1.165, 1.54) is 17.7 Å². The molecule has 1 amide bonds. The Kier molecular flexibility index (Phi) is 5.45. The maximum Gasteiger partial charge on any atom is 0.266 e. The monoisotopic (exact) mass is 437 g/mol. The summed E-state index contributed by atoms with van der Waals surface area (Å²) in [6.45, 7) is 6.12. The van der Waals surface area contributed by atoms with Gasteiger partial charge in [-0.1, -0.05) is 41.4 Å². The largest absolute Gasteiger partial charge is 0.321 e. The minimum atomic E-state index is -0.233. The number of aryl methyl sites for hydroxylation is 3. The molecule has 0 unspecified atom stereocenters. The number of amides is 1. The van der Waals surface area contributed by atoms with E-state index < -0.39 is 0 Å². The molecule has 0 fully saturated rings. The van der Waals surface area contributed by atoms with Crippen LogP contribution in [-0.2, 0) is 6.54 Å². The second-order valence-corrected chi connectivity index (χ2v) is 8.75. The minimum Gasteiger partial charge on any atom is -0.321 e. The molecule has 5 nitrogen and oxygen atoms in total. The number of thiophene rings is 1. The molecule has 2 heterocycles. The van der Waals surface area contributed by atoms with E-state index in [2.05, 4.69) is 10.3 Å². The first-order valence-electron chi connectivity index (χ1n) is 9.45. The van der Waals surface area contributed by atoms with E-state index in [1.807, 2.05) is 50.2 Å². The lowest BCUT2D eigenvalue weighted by molar-refractivity contribution is 0.103. The molecule has 0 radical (unpaired) electrons. The van der Waals surface area contributed by atoms with Gasteiger partial charge in [-0.2, -0.15) is 0 Å². The van der Waals surface area contributed by atoms with E-state index in [1.54, 1.807) is 17.6 Å². The fourth-order valence-corrected chi connectivity index (χ4v) is 4.70. The van der Waals surface area contributed by atoms with Crippen molar-refractivity contribution in [3.8, 4) is 0 Å². The van der Waals surface area contributed by atoms with Crippen LogP contribution >= 0.6 is 22.9 Å². The van der Waals surface area contributed by atoms with Gasteiger partial charge < -0.3 is 5.32 Å². The molecule has 152 valence electrons. The van der Waals surface area contributed by atoms with Crippen molar-refractivity contribution in [2.24, 2.45) is 0 Å². The fraction of sp³-hybridized carbons (Fsp3) is 0.174. The lowest BCUT2D eigenvalue weighted by Gasteiger charge is -2.08. The van der Waals surface area contributed by atoms with Crippen molar-refractivity contribution >= 4 is 44.7 Å². The third-order valence-electron chi connectivity index (χ3n) is 5.00. The Morgan fingerprint density at radius 2 is 1.97 bits per heavy atom. The summed E-state index contributed by atoms with van der Waals surface area (Å²) in [7, 11) is 0. The highest BCUT2D eigenvalue weighted by atomic mass is 35.5. The summed E-state index contributed by atoms with van der Waals surface area (Å²) in [6.07, 6.45) is 1.52. The van der Waals surface area contributed by atoms with Crippen LogP contribution in [0.15, 0.2) is 53.6 Å². The third kappa shape index (κ3) is 3.88. The second kappa shape index (κ2) is 8.05. The molecule has 0 atom stereocenters. The number of aromatic nitrogens is 2. The topological polar surface area (TPSA) is 64.0 Å². The number of carbonyl (C=O) groups excluding carboxylic acids is 1. The SMILES string of the molecule is Cc1ccc(NC(=O)c2sc3ncn(Cc4cccc(Cl)c4)c(=O)c3c2C)c(C)c1. The fourth-order valence-electron chi connectivity index (χ4n) is 3.45. The molecule has 2 aromatic heterocycles. The molecule has 0 spiro atoms. The summed E-state index contributed by atoms with van der Waals surface area (Å²) in [5, 5.41) is 4.05. The van der Waals surface area contributed by atoms with Gasteiger partial charge in [-0.25, -0.2) is 4.98 Å². The summed E-state index contributed by atoms with van der Waals surface area (Å²) >= 11 is 7.28. The molecule has 1 N–H and O–H groups in total. The van der Waals surface area contributed by atoms with Crippen LogP contribution in [-0.4, -0.2) is 15.5 Å². The zero-order valence-electron chi connectivity index (χ0n) is 16.8. The van der Waals surface area contributed by atoms with Gasteiger partial charge in [0.05, 0.1) is 23.1 Å². The molecule has 2 aromatic carbocycles. The van der Waals surface area contributed by atoms with Crippen molar-refractivity contribution < 1.29 is 4.79 Å². The Morgan fingerprint density at radius 1 is 1.17 bits per heavy atom. The summed E-state index contributed by atoms with van der Waals surface area (Å²) in [4.78, 5) is 31.5. The first-order chi connectivity index (χ1) is 14.3. The zero-order valence-corrected chi connectivity index (χ0v) is 18.4. The number of hydrogen-bond donors (Lipinski definition) is 1. The molecule has 30 heavy (non-hydrogen) atoms. The molecule has 7 heteroatoms. The van der Waals surface area contributed by atoms with Gasteiger partial charge in [0.1, 0.15) is 4.83 Å². The van der Waals surface area contributed by atoms with Crippen LogP contribution in [0.4, 0.5) is 5.69 Å². The van der Waals surface area contributed by atoms with Crippen molar-refractivity contribution in [1.29, 1.82) is 0 Å². The van der Waals surface area contributed by atoms with Crippen molar-refractivity contribution in [3.05, 3.63) is 91.3 Å². The number of nitrogens with one attached hydrogen (secondary N) is 1. The van der Waals surface area contributed by atoms with Crippen molar-refractivity contribution in [2.45, 2.75) is 27.3 Å². The number of fused-ring (bicyclic) bond motifs is 1. The normalized spacial score (nSPS) is 11.1. The second-order valence-electron chi connectivity index (χ2n) is 7.32. The number of halogens is 1. The van der Waals surface area contributed by atoms with Crippen LogP contribution in [0.3, 0.4) is 0 Å². The van der Waals surface area contributed by atoms with Gasteiger partial charge in [0.2, 0.25) is 0 Å². The van der Waals surface area contributed by atoms with Crippen LogP contribution in [0, 0.1) is 20.8 Å². The lowest BCUT2D eigenvalue weighted by Crippen LogP contribution is -2.21. The maximum absolute atomic E-state index is 13.1. The van der Waals surface area contributed by atoms with Gasteiger partial charge in [-0.3, -0.25) is 14.2 Å². The molecule has 4 aromatic rings. The van der Waals surface area contributed by atoms with E-state index in [-0.39, 0.29) is 11.5 Å². The molecular weight excluding hydrogens is 418 g/mol. The standard InChI is InChI=1S/C23H20ClN3O2S/c1-13-7-8-18(14(2)9-13)26-21(28)20-15(3)19-22(30-20)25-12-27(23(19)29)11-16-5-4-6-17(24)10-16/h4-10,12H,11H2,1-3H3,(H,26,28). The molecule has 4 rings (SSSR count). The molecule has 0 aliphatic carbocycles. The van der Waals surface area contributed by atoms with Gasteiger partial charge in [-0.15, -0.1) is 11.3 Å². The summed E-state index contributed by atoms with van der Waals surface area (Å²) < 4.78 is 1.54. The Morgan fingerprint density at radius 3 is 2.70 bits per heavy atom. The Bertz CT molecular complexity index is 1340. The molecular formula is C23H20ClN3O2S. The molecule has 0 saturated heterocycles. The number of benzene rings is 2. The van der Waals surface area contributed by atoms with Crippen molar-refractivity contribution in [1.82, 2.24) is 9.55 Å². The Labute approximate surface area is 183 Å². The molecule has 0 bridgehead atoms. The number of nitrogens with zero attached hydrogens (tertiary/aromatic N) is 2. The first kappa shape index (κ1) is 20.3. The predicted octanol–water partition coefficient (Wildman–Crippen LogP) is 5.34. The van der Waals surface area contributed by atoms with Gasteiger partial charge in [0.25, 0.3) is 11.5 Å². The first-order valence-corrected chi connectivity index (χ1v) is 10.6. The average Bonchev–Trinajstić information content (AvgIpc) is 3.04. The van der Waals surface area contributed by atoms with Gasteiger partial charge >= 0.3 is 0 Å². The van der Waals surface area contributed by atoms with E-state index >= 15 is 0 Å². The van der Waals surface area contributed by atoms with E-state index in [4.69, 9.17) is 11.6 Å². The minimum absolute atomic E-state index is 0.167. The quantitative estimate of drug-likeness (QED) is 0.468. The highest BCUT2D eigenvalue weighted by molar-refractivity contribution is 7.20. The third-order valence-corrected chi connectivity index (χ3v) is 6.43. The van der Waals surface area contributed by atoms with Gasteiger partial charge in [0.15, 0.2) is 0 Å². The molecule has 0 saturated carbocycles. The van der Waals surface area contributed by atoms with E-state index in [9.17, 15) is 9.59 Å². The van der Waals surface area contributed by atoms with Crippen LogP contribution in [0.25, 0.3) is 10.2 Å². The van der Waals surface area contributed by atoms with Gasteiger partial charge in [0, 0.05) is 10.7 Å². The highest BCUT2D eigenvalue weighted by Gasteiger charge is 2.20. The summed E-state index contributed by atoms with van der Waals surface area (Å²) in [6, 6.07) is 13.2. The molecule has 0 aliphatic rings. The Hall–Kier alpha value is -2.96. The van der Waals surface area contributed by atoms with Crippen LogP contribution in [0.2, 0.25) is 5.02 Å². The highest BCUT2D eigenvalue weighted by Crippen LogP contribution is 2.28. The predicted molar refractivity (Wildman–Crippen MR) is 123 cm³/mol. The van der Waals surface area contributed by atoms with E-state index in [0.29, 0.717) is 32.2 Å². The summed E-state index contributed by atoms with van der Waals surface area (Å²) in [5.41, 5.74) is 4.27. The number of anilines is 1. The van der Waals surface area contributed by atoms with Crippen LogP contribution in [0.5, 0.6) is 0 Å². The smallest absolute Gasteiger partial charge is 0.266 e. The number of hydrogen-bond acceptors (Lipinski definition) is 4. The van der Waals surface area contributed by atoms with Crippen molar-refractivity contribution in [3.63, 3.8) is 0 Å². The van der Waals surface area contributed by atoms with Gasteiger partial charge in [-0.05, 0) is 55.7 Å². The zero-order chi connectivity index (χ0) is 21.4. The molecule has 0 aliphatic heterocycles. The van der Waals surface area contributed by atoms with E-state index in [0.717, 1.165) is 22.4 Å². The Balaban J connectivity index is 1.69. The van der Waals surface area contributed by atoms with Crippen LogP contribution in [0.1, 0.15) is 31.9 Å². The number of rotatable bonds is 4.